The third kappa shape index (κ3) is 2.76. The number of hydrogen-bond acceptors (Lipinski definition) is 8. The molecule has 30 heavy (non-hydrogen) atoms. The molecule has 6 atom stereocenters. The molecule has 2 aliphatic heterocycles. The number of fused-ring (bicyclic) bond motifs is 3. The Morgan fingerprint density at radius 3 is 2.43 bits per heavy atom. The number of likely N-dealkylation sites (tertiary alicyclic amines) is 1. The van der Waals surface area contributed by atoms with Crippen molar-refractivity contribution in [1.82, 2.24) is 4.90 Å². The SMILES string of the molecule is COC(=O)N1C(=O)[C@H]2[C@H](C[C@H](CO)[C@@]3(O)O[C@H](c4cc(C)c(O)c(C)c4)C[C@@H]23)C1=O. The summed E-state index contributed by atoms with van der Waals surface area (Å²) in [6.07, 6.45) is -1.40. The van der Waals surface area contributed by atoms with Gasteiger partial charge in [-0.2, -0.15) is 4.90 Å². The summed E-state index contributed by atoms with van der Waals surface area (Å²) >= 11 is 0. The van der Waals surface area contributed by atoms with Crippen LogP contribution in [0.15, 0.2) is 12.1 Å². The molecule has 3 amide bonds. The Balaban J connectivity index is 1.73. The predicted octanol–water partition coefficient (Wildman–Crippen LogP) is 1.16. The van der Waals surface area contributed by atoms with Crippen LogP contribution in [0.3, 0.4) is 0 Å². The zero-order chi connectivity index (χ0) is 22.0. The fraction of sp³-hybridized carbons (Fsp3) is 0.571. The first-order valence-corrected chi connectivity index (χ1v) is 9.90. The van der Waals surface area contributed by atoms with Crippen LogP contribution in [0.2, 0.25) is 0 Å². The molecule has 0 unspecified atom stereocenters. The highest BCUT2D eigenvalue weighted by molar-refractivity contribution is 6.15. The Bertz CT molecular complexity index is 907. The molecule has 9 heteroatoms. The Kier molecular flexibility index (Phi) is 4.87. The molecule has 4 rings (SSSR count). The molecule has 1 aromatic carbocycles. The molecule has 0 aromatic heterocycles. The van der Waals surface area contributed by atoms with Crippen LogP contribution < -0.4 is 0 Å². The van der Waals surface area contributed by atoms with Crippen LogP contribution in [0.1, 0.15) is 35.6 Å². The van der Waals surface area contributed by atoms with Gasteiger partial charge in [-0.3, -0.25) is 9.59 Å². The number of benzene rings is 1. The lowest BCUT2D eigenvalue weighted by atomic mass is 9.64. The summed E-state index contributed by atoms with van der Waals surface area (Å²) in [5, 5.41) is 31.4. The zero-order valence-corrected chi connectivity index (χ0v) is 17.0. The highest BCUT2D eigenvalue weighted by Crippen LogP contribution is 2.58. The van der Waals surface area contributed by atoms with E-state index in [1.807, 2.05) is 0 Å². The van der Waals surface area contributed by atoms with E-state index in [1.165, 1.54) is 0 Å². The van der Waals surface area contributed by atoms with E-state index in [4.69, 9.17) is 4.74 Å². The molecule has 1 aromatic rings. The number of rotatable bonds is 2. The van der Waals surface area contributed by atoms with E-state index in [2.05, 4.69) is 4.74 Å². The van der Waals surface area contributed by atoms with Gasteiger partial charge in [0.1, 0.15) is 5.75 Å². The van der Waals surface area contributed by atoms with Crippen LogP contribution in [0, 0.1) is 37.5 Å². The highest BCUT2D eigenvalue weighted by Gasteiger charge is 2.67. The molecule has 162 valence electrons. The topological polar surface area (TPSA) is 134 Å². The number of aliphatic hydroxyl groups excluding tert-OH is 1. The van der Waals surface area contributed by atoms with Crippen molar-refractivity contribution < 1.29 is 39.2 Å². The minimum Gasteiger partial charge on any atom is -0.507 e. The fourth-order valence-corrected chi connectivity index (χ4v) is 5.35. The van der Waals surface area contributed by atoms with Crippen LogP contribution in [-0.4, -0.2) is 57.6 Å². The van der Waals surface area contributed by atoms with Gasteiger partial charge in [0.05, 0.1) is 31.7 Å². The zero-order valence-electron chi connectivity index (χ0n) is 17.0. The van der Waals surface area contributed by atoms with Gasteiger partial charge in [0.15, 0.2) is 5.79 Å². The Morgan fingerprint density at radius 1 is 1.23 bits per heavy atom. The summed E-state index contributed by atoms with van der Waals surface area (Å²) in [6.45, 7) is 3.07. The first-order chi connectivity index (χ1) is 14.1. The van der Waals surface area contributed by atoms with Crippen LogP contribution in [0.5, 0.6) is 5.75 Å². The molecule has 3 aliphatic rings. The largest absolute Gasteiger partial charge is 0.507 e. The van der Waals surface area contributed by atoms with Gasteiger partial charge in [-0.05, 0) is 55.5 Å². The smallest absolute Gasteiger partial charge is 0.423 e. The van der Waals surface area contributed by atoms with Crippen molar-refractivity contribution in [2.45, 2.75) is 38.6 Å². The summed E-state index contributed by atoms with van der Waals surface area (Å²) in [6, 6.07) is 3.50. The standard InChI is InChI=1S/C21H25NO8/c1-9-4-11(5-10(2)17(9)24)15-7-14-16-13(6-12(8-23)21(14,28)30-15)18(25)22(19(16)26)20(27)29-3/h4-5,12-16,23-24,28H,6-8H2,1-3H3/t12-,13+,14+,15+,16+,21-/m1/s1. The summed E-state index contributed by atoms with van der Waals surface area (Å²) in [5.41, 5.74) is 2.02. The van der Waals surface area contributed by atoms with Crippen LogP contribution in [-0.2, 0) is 19.1 Å². The van der Waals surface area contributed by atoms with Gasteiger partial charge >= 0.3 is 6.09 Å². The summed E-state index contributed by atoms with van der Waals surface area (Å²) in [5.74, 6) is -6.36. The van der Waals surface area contributed by atoms with Gasteiger partial charge < -0.3 is 24.8 Å². The van der Waals surface area contributed by atoms with Crippen LogP contribution in [0.25, 0.3) is 0 Å². The molecule has 0 radical (unpaired) electrons. The van der Waals surface area contributed by atoms with E-state index < -0.39 is 60.1 Å². The molecule has 3 fully saturated rings. The number of aromatic hydroxyl groups is 1. The van der Waals surface area contributed by atoms with Gasteiger partial charge in [-0.25, -0.2) is 4.79 Å². The number of carbonyl (C=O) groups excluding carboxylic acids is 3. The van der Waals surface area contributed by atoms with Crippen LogP contribution in [0.4, 0.5) is 4.79 Å². The van der Waals surface area contributed by atoms with E-state index in [9.17, 15) is 29.7 Å². The average Bonchev–Trinajstić information content (AvgIpc) is 3.19. The molecule has 1 aliphatic carbocycles. The summed E-state index contributed by atoms with van der Waals surface area (Å²) < 4.78 is 10.6. The van der Waals surface area contributed by atoms with Crippen molar-refractivity contribution in [3.8, 4) is 5.75 Å². The fourth-order valence-electron chi connectivity index (χ4n) is 5.35. The highest BCUT2D eigenvalue weighted by atomic mass is 16.6. The normalized spacial score (nSPS) is 35.4. The predicted molar refractivity (Wildman–Crippen MR) is 101 cm³/mol. The van der Waals surface area contributed by atoms with Crippen molar-refractivity contribution in [3.63, 3.8) is 0 Å². The van der Waals surface area contributed by atoms with Crippen molar-refractivity contribution in [2.24, 2.45) is 23.7 Å². The molecule has 2 saturated heterocycles. The lowest BCUT2D eigenvalue weighted by molar-refractivity contribution is -0.274. The first-order valence-electron chi connectivity index (χ1n) is 9.90. The van der Waals surface area contributed by atoms with E-state index in [-0.39, 0.29) is 18.6 Å². The molecular formula is C21H25NO8. The minimum atomic E-state index is -1.82. The number of aryl methyl sites for hydroxylation is 2. The number of carbonyl (C=O) groups is 3. The van der Waals surface area contributed by atoms with Crippen molar-refractivity contribution in [3.05, 3.63) is 28.8 Å². The van der Waals surface area contributed by atoms with E-state index in [0.29, 0.717) is 16.0 Å². The van der Waals surface area contributed by atoms with E-state index >= 15 is 0 Å². The first kappa shape index (κ1) is 20.8. The van der Waals surface area contributed by atoms with Crippen LogP contribution >= 0.6 is 0 Å². The minimum absolute atomic E-state index is 0.0204. The maximum Gasteiger partial charge on any atom is 0.423 e. The molecular weight excluding hydrogens is 394 g/mol. The van der Waals surface area contributed by atoms with Gasteiger partial charge in [-0.15, -0.1) is 0 Å². The molecule has 1 saturated carbocycles. The van der Waals surface area contributed by atoms with Gasteiger partial charge in [0.25, 0.3) is 0 Å². The van der Waals surface area contributed by atoms with Gasteiger partial charge in [-0.1, -0.05) is 0 Å². The summed E-state index contributed by atoms with van der Waals surface area (Å²) in [4.78, 5) is 38.2. The number of hydrogen-bond donors (Lipinski definition) is 3. The lowest BCUT2D eigenvalue weighted by Crippen LogP contribution is -2.54. The molecule has 2 heterocycles. The summed E-state index contributed by atoms with van der Waals surface area (Å²) in [7, 11) is 1.09. The second-order valence-electron chi connectivity index (χ2n) is 8.43. The number of imide groups is 3. The number of nitrogens with zero attached hydrogens (tertiary/aromatic N) is 1. The van der Waals surface area contributed by atoms with Crippen molar-refractivity contribution in [2.75, 3.05) is 13.7 Å². The average molecular weight is 419 g/mol. The molecule has 0 spiro atoms. The maximum atomic E-state index is 13.0. The van der Waals surface area contributed by atoms with Gasteiger partial charge in [0, 0.05) is 11.8 Å². The lowest BCUT2D eigenvalue weighted by Gasteiger charge is -2.44. The van der Waals surface area contributed by atoms with E-state index in [1.54, 1.807) is 26.0 Å². The third-order valence-corrected chi connectivity index (χ3v) is 6.83. The number of amides is 3. The Hall–Kier alpha value is -2.49. The number of methoxy groups -OCH3 is 1. The van der Waals surface area contributed by atoms with Crippen molar-refractivity contribution in [1.29, 1.82) is 0 Å². The third-order valence-electron chi connectivity index (χ3n) is 6.83. The number of ether oxygens (including phenoxy) is 2. The van der Waals surface area contributed by atoms with Gasteiger partial charge in [0.2, 0.25) is 11.8 Å². The Morgan fingerprint density at radius 2 is 1.87 bits per heavy atom. The quantitative estimate of drug-likeness (QED) is 0.608. The second-order valence-corrected chi connectivity index (χ2v) is 8.43. The second kappa shape index (κ2) is 7.04. The number of aliphatic hydroxyl groups is 2. The monoisotopic (exact) mass is 419 g/mol. The van der Waals surface area contributed by atoms with Crippen molar-refractivity contribution >= 4 is 17.9 Å². The molecule has 0 bridgehead atoms. The number of phenolic OH excluding ortho intramolecular Hbond substituents is 1. The van der Waals surface area contributed by atoms with E-state index in [0.717, 1.165) is 12.7 Å². The molecule has 3 N–H and O–H groups in total. The molecule has 9 nitrogen and oxygen atoms in total. The Labute approximate surface area is 173 Å². The maximum absolute atomic E-state index is 13.0. The number of phenols is 1.